The van der Waals surface area contributed by atoms with Crippen molar-refractivity contribution in [1.29, 1.82) is 0 Å². The summed E-state index contributed by atoms with van der Waals surface area (Å²) < 4.78 is 6.92. The maximum atomic E-state index is 12.5. The van der Waals surface area contributed by atoms with E-state index in [4.69, 9.17) is 4.52 Å². The number of carbonyl (C=O) groups excluding carboxylic acids is 1. The van der Waals surface area contributed by atoms with Crippen LogP contribution >= 0.6 is 0 Å². The number of pyridine rings is 1. The molecular formula is C18H17N5O2. The Hall–Kier alpha value is -3.22. The van der Waals surface area contributed by atoms with E-state index in [1.807, 2.05) is 51.2 Å². The molecule has 0 aliphatic carbocycles. The summed E-state index contributed by atoms with van der Waals surface area (Å²) in [5.41, 5.74) is 3.97. The lowest BCUT2D eigenvalue weighted by Gasteiger charge is -2.03. The average Bonchev–Trinajstić information content (AvgIpc) is 3.10. The summed E-state index contributed by atoms with van der Waals surface area (Å²) in [6.07, 6.45) is 0.118. The molecule has 126 valence electrons. The lowest BCUT2D eigenvalue weighted by molar-refractivity contribution is -0.115. The Balaban J connectivity index is 1.64. The van der Waals surface area contributed by atoms with Crippen LogP contribution in [0.1, 0.15) is 17.0 Å². The van der Waals surface area contributed by atoms with Gasteiger partial charge in [0.2, 0.25) is 5.91 Å². The van der Waals surface area contributed by atoms with E-state index in [-0.39, 0.29) is 12.3 Å². The number of hydrogen-bond acceptors (Lipinski definition) is 5. The van der Waals surface area contributed by atoms with Crippen molar-refractivity contribution in [1.82, 2.24) is 19.9 Å². The molecule has 3 aromatic heterocycles. The van der Waals surface area contributed by atoms with E-state index in [0.29, 0.717) is 17.1 Å². The topological polar surface area (TPSA) is 85.8 Å². The Morgan fingerprint density at radius 2 is 2.08 bits per heavy atom. The number of amides is 1. The minimum Gasteiger partial charge on any atom is -0.356 e. The molecule has 7 heteroatoms. The summed E-state index contributed by atoms with van der Waals surface area (Å²) in [4.78, 5) is 17.0. The number of benzene rings is 1. The van der Waals surface area contributed by atoms with Crippen molar-refractivity contribution in [2.75, 3.05) is 5.32 Å². The molecule has 0 unspecified atom stereocenters. The summed E-state index contributed by atoms with van der Waals surface area (Å²) in [5.74, 6) is 0.319. The Morgan fingerprint density at radius 3 is 2.92 bits per heavy atom. The second-order valence-electron chi connectivity index (χ2n) is 6.10. The van der Waals surface area contributed by atoms with E-state index in [1.165, 1.54) is 0 Å². The van der Waals surface area contributed by atoms with Crippen molar-refractivity contribution in [3.05, 3.63) is 47.3 Å². The van der Waals surface area contributed by atoms with Crippen molar-refractivity contribution in [2.24, 2.45) is 7.05 Å². The van der Waals surface area contributed by atoms with Crippen LogP contribution in [0.2, 0.25) is 0 Å². The number of rotatable bonds is 3. The molecule has 0 saturated heterocycles. The Kier molecular flexibility index (Phi) is 3.49. The third kappa shape index (κ3) is 2.63. The molecule has 0 aliphatic heterocycles. The molecule has 1 amide bonds. The molecule has 25 heavy (non-hydrogen) atoms. The van der Waals surface area contributed by atoms with Crippen LogP contribution < -0.4 is 5.32 Å². The van der Waals surface area contributed by atoms with Crippen molar-refractivity contribution in [3.63, 3.8) is 0 Å². The highest BCUT2D eigenvalue weighted by molar-refractivity contribution is 6.01. The predicted octanol–water partition coefficient (Wildman–Crippen LogP) is 2.91. The summed E-state index contributed by atoms with van der Waals surface area (Å²) in [5, 5.41) is 13.0. The second-order valence-corrected chi connectivity index (χ2v) is 6.10. The minimum absolute atomic E-state index is 0.118. The van der Waals surface area contributed by atoms with Gasteiger partial charge in [-0.1, -0.05) is 17.3 Å². The standard InChI is InChI=1S/C18H17N5O2/c1-10-8-11(2)19-18-16(10)17(21-23(18)3)20-15(24)9-13-12-6-4-5-7-14(12)25-22-13/h4-8H,9H2,1-3H3,(H,20,21,24). The largest absolute Gasteiger partial charge is 0.356 e. The third-order valence-corrected chi connectivity index (χ3v) is 4.16. The number of fused-ring (bicyclic) bond motifs is 2. The molecule has 0 bridgehead atoms. The van der Waals surface area contributed by atoms with Gasteiger partial charge in [0.25, 0.3) is 0 Å². The SMILES string of the molecule is Cc1cc(C)c2c(NC(=O)Cc3noc4ccccc34)nn(C)c2n1. The highest BCUT2D eigenvalue weighted by atomic mass is 16.5. The first-order valence-electron chi connectivity index (χ1n) is 7.97. The van der Waals surface area contributed by atoms with Crippen molar-refractivity contribution in [2.45, 2.75) is 20.3 Å². The quantitative estimate of drug-likeness (QED) is 0.622. The number of nitrogens with zero attached hydrogens (tertiary/aromatic N) is 4. The average molecular weight is 335 g/mol. The maximum absolute atomic E-state index is 12.5. The first-order valence-corrected chi connectivity index (χ1v) is 7.97. The summed E-state index contributed by atoms with van der Waals surface area (Å²) in [7, 11) is 1.81. The molecule has 1 aromatic carbocycles. The number of aromatic nitrogens is 4. The molecule has 4 rings (SSSR count). The van der Waals surface area contributed by atoms with E-state index in [9.17, 15) is 4.79 Å². The summed E-state index contributed by atoms with van der Waals surface area (Å²) >= 11 is 0. The number of nitrogens with one attached hydrogen (secondary N) is 1. The third-order valence-electron chi connectivity index (χ3n) is 4.16. The van der Waals surface area contributed by atoms with E-state index >= 15 is 0 Å². The molecule has 0 saturated carbocycles. The highest BCUT2D eigenvalue weighted by Crippen LogP contribution is 2.25. The lowest BCUT2D eigenvalue weighted by atomic mass is 10.1. The molecular weight excluding hydrogens is 318 g/mol. The molecule has 3 heterocycles. The van der Waals surface area contributed by atoms with Gasteiger partial charge >= 0.3 is 0 Å². The Morgan fingerprint density at radius 1 is 1.28 bits per heavy atom. The fraction of sp³-hybridized carbons (Fsp3) is 0.222. The highest BCUT2D eigenvalue weighted by Gasteiger charge is 2.17. The monoisotopic (exact) mass is 335 g/mol. The van der Waals surface area contributed by atoms with Crippen molar-refractivity contribution < 1.29 is 9.32 Å². The zero-order chi connectivity index (χ0) is 17.6. The van der Waals surface area contributed by atoms with Gasteiger partial charge in [0.1, 0.15) is 5.69 Å². The first-order chi connectivity index (χ1) is 12.0. The van der Waals surface area contributed by atoms with Gasteiger partial charge in [-0.05, 0) is 37.6 Å². The van der Waals surface area contributed by atoms with E-state index < -0.39 is 0 Å². The van der Waals surface area contributed by atoms with E-state index in [2.05, 4.69) is 20.6 Å². The number of anilines is 1. The van der Waals surface area contributed by atoms with Gasteiger partial charge in [0.15, 0.2) is 17.0 Å². The smallest absolute Gasteiger partial charge is 0.231 e. The van der Waals surface area contributed by atoms with Gasteiger partial charge in [-0.15, -0.1) is 0 Å². The summed E-state index contributed by atoms with van der Waals surface area (Å²) in [6.45, 7) is 3.92. The van der Waals surface area contributed by atoms with Crippen LogP contribution in [0.25, 0.3) is 22.0 Å². The van der Waals surface area contributed by atoms with Crippen LogP contribution in [0, 0.1) is 13.8 Å². The zero-order valence-electron chi connectivity index (χ0n) is 14.2. The van der Waals surface area contributed by atoms with E-state index in [1.54, 1.807) is 4.68 Å². The number of aryl methyl sites for hydroxylation is 3. The molecule has 1 N–H and O–H groups in total. The molecule has 0 aliphatic rings. The molecule has 0 fully saturated rings. The van der Waals surface area contributed by atoms with Crippen LogP contribution in [0.3, 0.4) is 0 Å². The van der Waals surface area contributed by atoms with Crippen LogP contribution in [-0.4, -0.2) is 25.8 Å². The number of hydrogen-bond donors (Lipinski definition) is 1. The maximum Gasteiger partial charge on any atom is 0.231 e. The number of para-hydroxylation sites is 1. The van der Waals surface area contributed by atoms with Gasteiger partial charge in [-0.3, -0.25) is 4.79 Å². The van der Waals surface area contributed by atoms with Crippen LogP contribution in [-0.2, 0) is 18.3 Å². The molecule has 0 radical (unpaired) electrons. The van der Waals surface area contributed by atoms with E-state index in [0.717, 1.165) is 27.7 Å². The summed E-state index contributed by atoms with van der Waals surface area (Å²) in [6, 6.07) is 9.46. The van der Waals surface area contributed by atoms with Gasteiger partial charge in [0.05, 0.1) is 11.8 Å². The molecule has 0 spiro atoms. The lowest BCUT2D eigenvalue weighted by Crippen LogP contribution is -2.15. The Bertz CT molecular complexity index is 1110. The molecule has 4 aromatic rings. The first kappa shape index (κ1) is 15.3. The minimum atomic E-state index is -0.195. The normalized spacial score (nSPS) is 11.3. The van der Waals surface area contributed by atoms with Gasteiger partial charge in [-0.25, -0.2) is 9.67 Å². The van der Waals surface area contributed by atoms with Crippen molar-refractivity contribution >= 4 is 33.7 Å². The predicted molar refractivity (Wildman–Crippen MR) is 94.3 cm³/mol. The van der Waals surface area contributed by atoms with Gasteiger partial charge in [0, 0.05) is 18.1 Å². The van der Waals surface area contributed by atoms with Crippen LogP contribution in [0.4, 0.5) is 5.82 Å². The fourth-order valence-corrected chi connectivity index (χ4v) is 3.07. The second kappa shape index (κ2) is 5.70. The van der Waals surface area contributed by atoms with Crippen molar-refractivity contribution in [3.8, 4) is 0 Å². The fourth-order valence-electron chi connectivity index (χ4n) is 3.07. The zero-order valence-corrected chi connectivity index (χ0v) is 14.2. The number of carbonyl (C=O) groups is 1. The molecule has 7 nitrogen and oxygen atoms in total. The Labute approximate surface area is 143 Å². The molecule has 0 atom stereocenters. The van der Waals surface area contributed by atoms with Gasteiger partial charge in [-0.2, -0.15) is 5.10 Å². The van der Waals surface area contributed by atoms with Crippen LogP contribution in [0.15, 0.2) is 34.9 Å². The van der Waals surface area contributed by atoms with Gasteiger partial charge < -0.3 is 9.84 Å². The van der Waals surface area contributed by atoms with Crippen LogP contribution in [0.5, 0.6) is 0 Å².